The number of benzene rings is 1. The second kappa shape index (κ2) is 5.03. The molecule has 0 atom stereocenters. The summed E-state index contributed by atoms with van der Waals surface area (Å²) in [5.74, 6) is 0.111. The zero-order valence-electron chi connectivity index (χ0n) is 11.7. The van der Waals surface area contributed by atoms with Crippen molar-refractivity contribution in [2.75, 3.05) is 5.32 Å². The molecule has 0 saturated heterocycles. The molecule has 0 aliphatic carbocycles. The number of fused-ring (bicyclic) bond motifs is 1. The monoisotopic (exact) mass is 260 g/mol. The van der Waals surface area contributed by atoms with Crippen LogP contribution in [0, 0.1) is 5.41 Å². The molecule has 1 aromatic rings. The van der Waals surface area contributed by atoms with E-state index in [0.29, 0.717) is 13.0 Å². The Morgan fingerprint density at radius 2 is 2.05 bits per heavy atom. The van der Waals surface area contributed by atoms with Gasteiger partial charge in [-0.25, -0.2) is 0 Å². The average Bonchev–Trinajstić information content (AvgIpc) is 2.34. The van der Waals surface area contributed by atoms with E-state index < -0.39 is 0 Å². The van der Waals surface area contributed by atoms with Gasteiger partial charge in [-0.3, -0.25) is 9.59 Å². The number of nitrogens with one attached hydrogen (secondary N) is 2. The Balaban J connectivity index is 2.03. The predicted octanol–water partition coefficient (Wildman–Crippen LogP) is 2.23. The van der Waals surface area contributed by atoms with Crippen molar-refractivity contribution in [2.24, 2.45) is 5.41 Å². The lowest BCUT2D eigenvalue weighted by Crippen LogP contribution is -2.34. The van der Waals surface area contributed by atoms with Crippen LogP contribution in [0.5, 0.6) is 0 Å². The minimum absolute atomic E-state index is 0.0403. The minimum atomic E-state index is -0.373. The van der Waals surface area contributed by atoms with Gasteiger partial charge in [-0.2, -0.15) is 0 Å². The van der Waals surface area contributed by atoms with Crippen molar-refractivity contribution in [1.82, 2.24) is 5.32 Å². The summed E-state index contributed by atoms with van der Waals surface area (Å²) in [7, 11) is 0. The first-order valence-electron chi connectivity index (χ1n) is 6.56. The molecule has 0 spiro atoms. The first-order valence-corrected chi connectivity index (χ1v) is 6.56. The van der Waals surface area contributed by atoms with E-state index in [1.165, 1.54) is 0 Å². The fraction of sp³-hybridized carbons (Fsp3) is 0.467. The lowest BCUT2D eigenvalue weighted by atomic mass is 9.95. The Kier molecular flexibility index (Phi) is 3.60. The number of amides is 2. The molecule has 19 heavy (non-hydrogen) atoms. The van der Waals surface area contributed by atoms with Gasteiger partial charge in [0.25, 0.3) is 0 Å². The van der Waals surface area contributed by atoms with Crippen LogP contribution in [0.25, 0.3) is 0 Å². The maximum absolute atomic E-state index is 11.8. The van der Waals surface area contributed by atoms with Gasteiger partial charge in [0, 0.05) is 24.1 Å². The standard InChI is InChI=1S/C15H20N2O2/c1-15(2,3)14(19)16-9-10-4-6-12-11(8-10)5-7-13(18)17-12/h4,6,8H,5,7,9H2,1-3H3,(H,16,19)(H,17,18). The van der Waals surface area contributed by atoms with Crippen LogP contribution in [0.1, 0.15) is 38.3 Å². The molecule has 4 nitrogen and oxygen atoms in total. The molecule has 0 aromatic heterocycles. The smallest absolute Gasteiger partial charge is 0.225 e. The summed E-state index contributed by atoms with van der Waals surface area (Å²) < 4.78 is 0. The highest BCUT2D eigenvalue weighted by Crippen LogP contribution is 2.23. The lowest BCUT2D eigenvalue weighted by Gasteiger charge is -2.20. The molecule has 2 amide bonds. The highest BCUT2D eigenvalue weighted by Gasteiger charge is 2.21. The van der Waals surface area contributed by atoms with E-state index in [2.05, 4.69) is 16.7 Å². The highest BCUT2D eigenvalue weighted by atomic mass is 16.2. The van der Waals surface area contributed by atoms with Crippen molar-refractivity contribution in [1.29, 1.82) is 0 Å². The van der Waals surface area contributed by atoms with Gasteiger partial charge < -0.3 is 10.6 Å². The van der Waals surface area contributed by atoms with E-state index in [-0.39, 0.29) is 17.2 Å². The summed E-state index contributed by atoms with van der Waals surface area (Å²) in [5.41, 5.74) is 2.72. The molecule has 0 bridgehead atoms. The van der Waals surface area contributed by atoms with Crippen LogP contribution < -0.4 is 10.6 Å². The summed E-state index contributed by atoms with van der Waals surface area (Å²) >= 11 is 0. The SMILES string of the molecule is CC(C)(C)C(=O)NCc1ccc2c(c1)CCC(=O)N2. The quantitative estimate of drug-likeness (QED) is 0.856. The second-order valence-electron chi connectivity index (χ2n) is 5.97. The third kappa shape index (κ3) is 3.34. The second-order valence-corrected chi connectivity index (χ2v) is 5.97. The van der Waals surface area contributed by atoms with Crippen molar-refractivity contribution < 1.29 is 9.59 Å². The Hall–Kier alpha value is -1.84. The van der Waals surface area contributed by atoms with Crippen LogP contribution in [-0.2, 0) is 22.6 Å². The molecule has 102 valence electrons. The molecule has 4 heteroatoms. The van der Waals surface area contributed by atoms with E-state index >= 15 is 0 Å². The molecule has 1 aliphatic heterocycles. The van der Waals surface area contributed by atoms with E-state index in [4.69, 9.17) is 0 Å². The van der Waals surface area contributed by atoms with E-state index in [0.717, 1.165) is 23.2 Å². The molecule has 1 heterocycles. The van der Waals surface area contributed by atoms with Crippen LogP contribution in [0.15, 0.2) is 18.2 Å². The van der Waals surface area contributed by atoms with Crippen LogP contribution in [0.4, 0.5) is 5.69 Å². The molecular weight excluding hydrogens is 240 g/mol. The first kappa shape index (κ1) is 13.6. The zero-order chi connectivity index (χ0) is 14.0. The molecule has 0 saturated carbocycles. The molecule has 0 fully saturated rings. The van der Waals surface area contributed by atoms with Gasteiger partial charge in [0.05, 0.1) is 0 Å². The Morgan fingerprint density at radius 3 is 2.74 bits per heavy atom. The van der Waals surface area contributed by atoms with Crippen molar-refractivity contribution in [3.8, 4) is 0 Å². The number of hydrogen-bond acceptors (Lipinski definition) is 2. The molecule has 1 aromatic carbocycles. The normalized spacial score (nSPS) is 14.6. The van der Waals surface area contributed by atoms with Crippen molar-refractivity contribution >= 4 is 17.5 Å². The summed E-state index contributed by atoms with van der Waals surface area (Å²) in [4.78, 5) is 23.1. The topological polar surface area (TPSA) is 58.2 Å². The van der Waals surface area contributed by atoms with Crippen molar-refractivity contribution in [3.63, 3.8) is 0 Å². The third-order valence-electron chi connectivity index (χ3n) is 3.20. The van der Waals surface area contributed by atoms with Gasteiger partial charge in [-0.15, -0.1) is 0 Å². The summed E-state index contributed by atoms with van der Waals surface area (Å²) in [6.07, 6.45) is 1.30. The van der Waals surface area contributed by atoms with Crippen LogP contribution in [0.3, 0.4) is 0 Å². The molecule has 1 aliphatic rings. The fourth-order valence-electron chi connectivity index (χ4n) is 1.99. The molecule has 2 rings (SSSR count). The third-order valence-corrected chi connectivity index (χ3v) is 3.20. The minimum Gasteiger partial charge on any atom is -0.352 e. The van der Waals surface area contributed by atoms with Crippen LogP contribution in [0.2, 0.25) is 0 Å². The first-order chi connectivity index (χ1) is 8.86. The Morgan fingerprint density at radius 1 is 1.32 bits per heavy atom. The lowest BCUT2D eigenvalue weighted by molar-refractivity contribution is -0.128. The number of carbonyl (C=O) groups is 2. The zero-order valence-corrected chi connectivity index (χ0v) is 11.7. The maximum atomic E-state index is 11.8. The van der Waals surface area contributed by atoms with Crippen LogP contribution >= 0.6 is 0 Å². The average molecular weight is 260 g/mol. The fourth-order valence-corrected chi connectivity index (χ4v) is 1.99. The van der Waals surface area contributed by atoms with Gasteiger partial charge in [0.2, 0.25) is 11.8 Å². The van der Waals surface area contributed by atoms with E-state index in [1.807, 2.05) is 32.9 Å². The molecule has 2 N–H and O–H groups in total. The van der Waals surface area contributed by atoms with Gasteiger partial charge in [-0.05, 0) is 23.6 Å². The number of anilines is 1. The number of aryl methyl sites for hydroxylation is 1. The van der Waals surface area contributed by atoms with Crippen molar-refractivity contribution in [3.05, 3.63) is 29.3 Å². The molecule has 0 radical (unpaired) electrons. The predicted molar refractivity (Wildman–Crippen MR) is 74.7 cm³/mol. The maximum Gasteiger partial charge on any atom is 0.225 e. The van der Waals surface area contributed by atoms with Gasteiger partial charge in [-0.1, -0.05) is 32.9 Å². The van der Waals surface area contributed by atoms with Gasteiger partial charge in [0.15, 0.2) is 0 Å². The van der Waals surface area contributed by atoms with E-state index in [9.17, 15) is 9.59 Å². The highest BCUT2D eigenvalue weighted by molar-refractivity contribution is 5.93. The molecular formula is C15H20N2O2. The van der Waals surface area contributed by atoms with Gasteiger partial charge in [0.1, 0.15) is 0 Å². The van der Waals surface area contributed by atoms with Crippen molar-refractivity contribution in [2.45, 2.75) is 40.2 Å². The number of carbonyl (C=O) groups excluding carboxylic acids is 2. The summed E-state index contributed by atoms with van der Waals surface area (Å²) in [6, 6.07) is 5.90. The van der Waals surface area contributed by atoms with E-state index in [1.54, 1.807) is 0 Å². The number of rotatable bonds is 2. The molecule has 0 unspecified atom stereocenters. The summed E-state index contributed by atoms with van der Waals surface area (Å²) in [5, 5.41) is 5.78. The largest absolute Gasteiger partial charge is 0.352 e. The summed E-state index contributed by atoms with van der Waals surface area (Å²) in [6.45, 7) is 6.21. The Labute approximate surface area is 113 Å². The Bertz CT molecular complexity index is 515. The van der Waals surface area contributed by atoms with Crippen LogP contribution in [-0.4, -0.2) is 11.8 Å². The van der Waals surface area contributed by atoms with Gasteiger partial charge >= 0.3 is 0 Å². The number of hydrogen-bond donors (Lipinski definition) is 2.